The highest BCUT2D eigenvalue weighted by molar-refractivity contribution is 5.28. The average molecular weight is 350 g/mol. The van der Waals surface area contributed by atoms with Crippen LogP contribution in [0.25, 0.3) is 0 Å². The van der Waals surface area contributed by atoms with E-state index in [0.29, 0.717) is 5.88 Å². The highest BCUT2D eigenvalue weighted by Crippen LogP contribution is 2.35. The van der Waals surface area contributed by atoms with Crippen molar-refractivity contribution in [2.45, 2.75) is 32.0 Å². The van der Waals surface area contributed by atoms with Gasteiger partial charge in [-0.25, -0.2) is 4.98 Å². The maximum absolute atomic E-state index is 12.8. The van der Waals surface area contributed by atoms with Crippen molar-refractivity contribution < 1.29 is 17.9 Å². The fourth-order valence-corrected chi connectivity index (χ4v) is 3.16. The molecular formula is C19H21F3N2O. The number of hydrogen-bond donors (Lipinski definition) is 1. The van der Waals surface area contributed by atoms with E-state index in [1.807, 2.05) is 19.1 Å². The molecule has 0 radical (unpaired) electrons. The molecule has 1 N–H and O–H groups in total. The van der Waals surface area contributed by atoms with Gasteiger partial charge in [0.15, 0.2) is 0 Å². The van der Waals surface area contributed by atoms with Crippen molar-refractivity contribution in [3.63, 3.8) is 0 Å². The number of ether oxygens (including phenoxy) is 1. The third kappa shape index (κ3) is 4.51. The SMILES string of the molecule is Cc1cccc(OC(c2ccc(C(F)(F)F)cc2)C2CCNCC2)n1. The Morgan fingerprint density at radius 3 is 2.36 bits per heavy atom. The number of rotatable bonds is 4. The van der Waals surface area contributed by atoms with Gasteiger partial charge >= 0.3 is 6.18 Å². The molecule has 2 heterocycles. The normalized spacial score (nSPS) is 17.3. The van der Waals surface area contributed by atoms with Crippen molar-refractivity contribution in [2.24, 2.45) is 5.92 Å². The number of nitrogens with zero attached hydrogens (tertiary/aromatic N) is 1. The van der Waals surface area contributed by atoms with Crippen molar-refractivity contribution in [1.82, 2.24) is 10.3 Å². The van der Waals surface area contributed by atoms with Gasteiger partial charge in [0.1, 0.15) is 6.10 Å². The number of halogens is 3. The summed E-state index contributed by atoms with van der Waals surface area (Å²) in [5.41, 5.74) is 0.950. The van der Waals surface area contributed by atoms with Gasteiger partial charge in [0, 0.05) is 17.7 Å². The minimum absolute atomic E-state index is 0.236. The molecule has 3 nitrogen and oxygen atoms in total. The summed E-state index contributed by atoms with van der Waals surface area (Å²) in [5.74, 6) is 0.740. The molecule has 25 heavy (non-hydrogen) atoms. The Morgan fingerprint density at radius 1 is 1.08 bits per heavy atom. The van der Waals surface area contributed by atoms with Crippen LogP contribution in [0.3, 0.4) is 0 Å². The molecule has 1 saturated heterocycles. The summed E-state index contributed by atoms with van der Waals surface area (Å²) in [6.45, 7) is 3.64. The summed E-state index contributed by atoms with van der Waals surface area (Å²) in [5, 5.41) is 3.30. The lowest BCUT2D eigenvalue weighted by molar-refractivity contribution is -0.137. The lowest BCUT2D eigenvalue weighted by atomic mass is 9.87. The average Bonchev–Trinajstić information content (AvgIpc) is 2.60. The molecule has 0 saturated carbocycles. The van der Waals surface area contributed by atoms with Gasteiger partial charge in [-0.1, -0.05) is 18.2 Å². The molecule has 1 aromatic carbocycles. The highest BCUT2D eigenvalue weighted by Gasteiger charge is 2.32. The Labute approximate surface area is 145 Å². The Kier molecular flexibility index (Phi) is 5.27. The van der Waals surface area contributed by atoms with Crippen LogP contribution in [0.5, 0.6) is 5.88 Å². The number of aryl methyl sites for hydroxylation is 1. The third-order valence-corrected chi connectivity index (χ3v) is 4.49. The van der Waals surface area contributed by atoms with Gasteiger partial charge in [-0.3, -0.25) is 0 Å². The number of pyridine rings is 1. The zero-order chi connectivity index (χ0) is 17.9. The Bertz CT molecular complexity index is 695. The zero-order valence-electron chi connectivity index (χ0n) is 14.0. The first-order valence-electron chi connectivity index (χ1n) is 8.41. The number of nitrogens with one attached hydrogen (secondary N) is 1. The number of piperidine rings is 1. The lowest BCUT2D eigenvalue weighted by Gasteiger charge is -2.31. The molecule has 134 valence electrons. The van der Waals surface area contributed by atoms with Gasteiger partial charge in [-0.15, -0.1) is 0 Å². The molecule has 0 amide bonds. The van der Waals surface area contributed by atoms with Crippen LogP contribution in [-0.4, -0.2) is 18.1 Å². The highest BCUT2D eigenvalue weighted by atomic mass is 19.4. The van der Waals surface area contributed by atoms with E-state index in [2.05, 4.69) is 10.3 Å². The predicted octanol–water partition coefficient (Wildman–Crippen LogP) is 4.53. The number of benzene rings is 1. The molecular weight excluding hydrogens is 329 g/mol. The summed E-state index contributed by atoms with van der Waals surface area (Å²) in [7, 11) is 0. The number of hydrogen-bond acceptors (Lipinski definition) is 3. The fourth-order valence-electron chi connectivity index (χ4n) is 3.16. The van der Waals surface area contributed by atoms with Crippen molar-refractivity contribution >= 4 is 0 Å². The first-order chi connectivity index (χ1) is 11.9. The topological polar surface area (TPSA) is 34.1 Å². The number of alkyl halides is 3. The van der Waals surface area contributed by atoms with Gasteiger partial charge in [-0.05, 0) is 56.6 Å². The first kappa shape index (κ1) is 17.7. The molecule has 1 atom stereocenters. The Hall–Kier alpha value is -2.08. The van der Waals surface area contributed by atoms with Crippen LogP contribution in [0.1, 0.15) is 35.8 Å². The molecule has 1 aliphatic rings. The van der Waals surface area contributed by atoms with Crippen molar-refractivity contribution in [2.75, 3.05) is 13.1 Å². The molecule has 1 unspecified atom stereocenters. The summed E-state index contributed by atoms with van der Waals surface area (Å²) < 4.78 is 44.6. The van der Waals surface area contributed by atoms with E-state index in [1.54, 1.807) is 6.07 Å². The Morgan fingerprint density at radius 2 is 1.76 bits per heavy atom. The van der Waals surface area contributed by atoms with Crippen LogP contribution in [0.15, 0.2) is 42.5 Å². The van der Waals surface area contributed by atoms with Gasteiger partial charge in [0.25, 0.3) is 0 Å². The second kappa shape index (κ2) is 7.44. The molecule has 0 bridgehead atoms. The maximum atomic E-state index is 12.8. The van der Waals surface area contributed by atoms with Crippen molar-refractivity contribution in [3.8, 4) is 5.88 Å². The third-order valence-electron chi connectivity index (χ3n) is 4.49. The smallest absolute Gasteiger partial charge is 0.416 e. The zero-order valence-corrected chi connectivity index (χ0v) is 14.0. The molecule has 1 aliphatic heterocycles. The fraction of sp³-hybridized carbons (Fsp3) is 0.421. The van der Waals surface area contributed by atoms with E-state index in [1.165, 1.54) is 12.1 Å². The molecule has 3 rings (SSSR count). The first-order valence-corrected chi connectivity index (χ1v) is 8.41. The molecule has 1 fully saturated rings. The summed E-state index contributed by atoms with van der Waals surface area (Å²) in [6, 6.07) is 10.8. The summed E-state index contributed by atoms with van der Waals surface area (Å²) in [6.07, 6.45) is -2.81. The van der Waals surface area contributed by atoms with Gasteiger partial charge in [0.05, 0.1) is 5.56 Å². The van der Waals surface area contributed by atoms with Crippen molar-refractivity contribution in [1.29, 1.82) is 0 Å². The minimum atomic E-state index is -4.33. The van der Waals surface area contributed by atoms with Crippen LogP contribution < -0.4 is 10.1 Å². The molecule has 0 aliphatic carbocycles. The largest absolute Gasteiger partial charge is 0.469 e. The minimum Gasteiger partial charge on any atom is -0.469 e. The van der Waals surface area contributed by atoms with Gasteiger partial charge < -0.3 is 10.1 Å². The quantitative estimate of drug-likeness (QED) is 0.880. The molecule has 6 heteroatoms. The molecule has 1 aromatic heterocycles. The second-order valence-corrected chi connectivity index (χ2v) is 6.36. The summed E-state index contributed by atoms with van der Waals surface area (Å²) >= 11 is 0. The maximum Gasteiger partial charge on any atom is 0.416 e. The van der Waals surface area contributed by atoms with E-state index in [-0.39, 0.29) is 12.0 Å². The second-order valence-electron chi connectivity index (χ2n) is 6.36. The van der Waals surface area contributed by atoms with Crippen LogP contribution in [0.2, 0.25) is 0 Å². The standard InChI is InChI=1S/C19H21F3N2O/c1-13-3-2-4-17(24-13)25-18(15-9-11-23-12-10-15)14-5-7-16(8-6-14)19(20,21)22/h2-8,15,18,23H,9-12H2,1H3. The van der Waals surface area contributed by atoms with Crippen LogP contribution in [0, 0.1) is 12.8 Å². The van der Waals surface area contributed by atoms with Crippen molar-refractivity contribution in [3.05, 3.63) is 59.3 Å². The van der Waals surface area contributed by atoms with Crippen LogP contribution in [-0.2, 0) is 6.18 Å². The predicted molar refractivity (Wildman–Crippen MR) is 89.4 cm³/mol. The van der Waals surface area contributed by atoms with Crippen LogP contribution in [0.4, 0.5) is 13.2 Å². The van der Waals surface area contributed by atoms with E-state index < -0.39 is 11.7 Å². The lowest BCUT2D eigenvalue weighted by Crippen LogP contribution is -2.32. The number of aromatic nitrogens is 1. The monoisotopic (exact) mass is 350 g/mol. The molecule has 2 aromatic rings. The summed E-state index contributed by atoms with van der Waals surface area (Å²) in [4.78, 5) is 4.37. The Balaban J connectivity index is 1.87. The van der Waals surface area contributed by atoms with E-state index in [4.69, 9.17) is 4.74 Å². The van der Waals surface area contributed by atoms with Gasteiger partial charge in [0.2, 0.25) is 5.88 Å². The van der Waals surface area contributed by atoms with E-state index >= 15 is 0 Å². The van der Waals surface area contributed by atoms with Gasteiger partial charge in [-0.2, -0.15) is 13.2 Å². The van der Waals surface area contributed by atoms with Crippen LogP contribution >= 0.6 is 0 Å². The van der Waals surface area contributed by atoms with E-state index in [9.17, 15) is 13.2 Å². The molecule has 0 spiro atoms. The van der Waals surface area contributed by atoms with E-state index in [0.717, 1.165) is 49.3 Å².